The van der Waals surface area contributed by atoms with Crippen LogP contribution in [-0.2, 0) is 4.74 Å². The van der Waals surface area contributed by atoms with Crippen molar-refractivity contribution in [3.8, 4) is 0 Å². The number of nitrogens with zero attached hydrogens (tertiary/aromatic N) is 1. The highest BCUT2D eigenvalue weighted by molar-refractivity contribution is 5.67. The molecule has 1 aliphatic heterocycles. The fraction of sp³-hybridized carbons (Fsp3) is 0.588. The molecule has 0 aromatic heterocycles. The maximum Gasteiger partial charge on any atom is 0.409 e. The number of aliphatic hydroxyl groups is 1. The monoisotopic (exact) mass is 306 g/mol. The summed E-state index contributed by atoms with van der Waals surface area (Å²) in [5.41, 5.74) is 2.09. The average Bonchev–Trinajstić information content (AvgIpc) is 2.53. The Hall–Kier alpha value is -1.59. The zero-order chi connectivity index (χ0) is 15.9. The van der Waals surface area contributed by atoms with E-state index in [-0.39, 0.29) is 6.09 Å². The van der Waals surface area contributed by atoms with Crippen molar-refractivity contribution in [3.63, 3.8) is 0 Å². The van der Waals surface area contributed by atoms with Gasteiger partial charge in [-0.25, -0.2) is 4.79 Å². The molecule has 5 nitrogen and oxygen atoms in total. The Morgan fingerprint density at radius 1 is 1.45 bits per heavy atom. The van der Waals surface area contributed by atoms with Crippen LogP contribution in [0.15, 0.2) is 24.3 Å². The van der Waals surface area contributed by atoms with Crippen LogP contribution in [0.1, 0.15) is 37.0 Å². The average molecular weight is 306 g/mol. The highest BCUT2D eigenvalue weighted by Gasteiger charge is 2.23. The van der Waals surface area contributed by atoms with Gasteiger partial charge in [0, 0.05) is 25.7 Å². The molecule has 0 saturated carbocycles. The van der Waals surface area contributed by atoms with Gasteiger partial charge in [0.2, 0.25) is 0 Å². The van der Waals surface area contributed by atoms with Gasteiger partial charge in [-0.2, -0.15) is 0 Å². The third kappa shape index (κ3) is 4.71. The summed E-state index contributed by atoms with van der Waals surface area (Å²) in [7, 11) is 0. The number of benzene rings is 1. The van der Waals surface area contributed by atoms with E-state index in [1.165, 1.54) is 0 Å². The number of carbonyl (C=O) groups excluding carboxylic acids is 1. The molecule has 1 saturated heterocycles. The summed E-state index contributed by atoms with van der Waals surface area (Å²) in [5.74, 6) is 0. The molecule has 0 spiro atoms. The highest BCUT2D eigenvalue weighted by atomic mass is 16.6. The minimum absolute atomic E-state index is 0.222. The van der Waals surface area contributed by atoms with Crippen molar-refractivity contribution in [2.75, 3.05) is 26.2 Å². The Balaban J connectivity index is 1.73. The lowest BCUT2D eigenvalue weighted by molar-refractivity contribution is 0.0928. The Morgan fingerprint density at radius 2 is 2.18 bits per heavy atom. The highest BCUT2D eigenvalue weighted by Crippen LogP contribution is 2.16. The number of hydrogen-bond donors (Lipinski definition) is 2. The number of piperidine rings is 1. The summed E-state index contributed by atoms with van der Waals surface area (Å²) in [6, 6.07) is 8.28. The number of ether oxygens (including phenoxy) is 1. The standard InChI is InChI=1S/C17H26N2O3/c1-3-22-17(21)19-9-7-15(8-10-19)18-12-16(20)14-6-4-5-13(2)11-14/h4-6,11,15-16,18,20H,3,7-10,12H2,1-2H3. The summed E-state index contributed by atoms with van der Waals surface area (Å²) in [4.78, 5) is 13.4. The first-order chi connectivity index (χ1) is 10.6. The van der Waals surface area contributed by atoms with Crippen molar-refractivity contribution >= 4 is 6.09 Å². The molecule has 1 fully saturated rings. The van der Waals surface area contributed by atoms with Gasteiger partial charge < -0.3 is 20.1 Å². The molecule has 0 aliphatic carbocycles. The quantitative estimate of drug-likeness (QED) is 0.876. The second kappa shape index (κ2) is 8.15. The molecule has 5 heteroatoms. The molecule has 1 aromatic carbocycles. The van der Waals surface area contributed by atoms with Gasteiger partial charge in [0.15, 0.2) is 0 Å². The number of aliphatic hydroxyl groups excluding tert-OH is 1. The Labute approximate surface area is 132 Å². The maximum absolute atomic E-state index is 11.6. The molecule has 1 aliphatic rings. The number of nitrogens with one attached hydrogen (secondary N) is 1. The minimum Gasteiger partial charge on any atom is -0.450 e. The van der Waals surface area contributed by atoms with Gasteiger partial charge in [0.05, 0.1) is 12.7 Å². The minimum atomic E-state index is -0.497. The van der Waals surface area contributed by atoms with Crippen molar-refractivity contribution in [2.45, 2.75) is 38.8 Å². The lowest BCUT2D eigenvalue weighted by Gasteiger charge is -2.32. The fourth-order valence-electron chi connectivity index (χ4n) is 2.75. The van der Waals surface area contributed by atoms with Crippen LogP contribution in [0.3, 0.4) is 0 Å². The summed E-state index contributed by atoms with van der Waals surface area (Å²) >= 11 is 0. The molecular formula is C17H26N2O3. The van der Waals surface area contributed by atoms with Gasteiger partial charge in [0.1, 0.15) is 0 Å². The smallest absolute Gasteiger partial charge is 0.409 e. The Morgan fingerprint density at radius 3 is 2.82 bits per heavy atom. The summed E-state index contributed by atoms with van der Waals surface area (Å²) < 4.78 is 5.01. The van der Waals surface area contributed by atoms with Crippen LogP contribution in [0.25, 0.3) is 0 Å². The van der Waals surface area contributed by atoms with E-state index in [1.54, 1.807) is 4.90 Å². The second-order valence-corrected chi connectivity index (χ2v) is 5.80. The van der Waals surface area contributed by atoms with Crippen molar-refractivity contribution < 1.29 is 14.6 Å². The number of likely N-dealkylation sites (tertiary alicyclic amines) is 1. The van der Waals surface area contributed by atoms with Gasteiger partial charge in [-0.3, -0.25) is 0 Å². The van der Waals surface area contributed by atoms with E-state index in [1.807, 2.05) is 38.1 Å². The predicted molar refractivity (Wildman–Crippen MR) is 85.8 cm³/mol. The molecule has 1 atom stereocenters. The lowest BCUT2D eigenvalue weighted by Crippen LogP contribution is -2.45. The summed E-state index contributed by atoms with van der Waals surface area (Å²) in [5, 5.41) is 13.6. The van der Waals surface area contributed by atoms with E-state index in [4.69, 9.17) is 4.74 Å². The number of aryl methyl sites for hydroxylation is 1. The third-order valence-electron chi connectivity index (χ3n) is 4.05. The van der Waals surface area contributed by atoms with Gasteiger partial charge in [-0.1, -0.05) is 29.8 Å². The van der Waals surface area contributed by atoms with E-state index >= 15 is 0 Å². The molecular weight excluding hydrogens is 280 g/mol. The molecule has 1 aromatic rings. The van der Waals surface area contributed by atoms with Crippen LogP contribution in [0.5, 0.6) is 0 Å². The molecule has 1 amide bonds. The normalized spacial score (nSPS) is 17.3. The zero-order valence-electron chi connectivity index (χ0n) is 13.4. The topological polar surface area (TPSA) is 61.8 Å². The van der Waals surface area contributed by atoms with Crippen LogP contribution in [-0.4, -0.2) is 48.4 Å². The number of amides is 1. The van der Waals surface area contributed by atoms with Crippen molar-refractivity contribution in [2.24, 2.45) is 0 Å². The van der Waals surface area contributed by atoms with Crippen LogP contribution in [0, 0.1) is 6.92 Å². The van der Waals surface area contributed by atoms with Gasteiger partial charge in [-0.15, -0.1) is 0 Å². The summed E-state index contributed by atoms with van der Waals surface area (Å²) in [6.45, 7) is 6.20. The molecule has 22 heavy (non-hydrogen) atoms. The van der Waals surface area contributed by atoms with E-state index < -0.39 is 6.10 Å². The van der Waals surface area contributed by atoms with Crippen LogP contribution in [0.4, 0.5) is 4.79 Å². The third-order valence-corrected chi connectivity index (χ3v) is 4.05. The Bertz CT molecular complexity index is 485. The van der Waals surface area contributed by atoms with Crippen molar-refractivity contribution in [3.05, 3.63) is 35.4 Å². The second-order valence-electron chi connectivity index (χ2n) is 5.80. The largest absolute Gasteiger partial charge is 0.450 e. The summed E-state index contributed by atoms with van der Waals surface area (Å²) in [6.07, 6.45) is 1.06. The lowest BCUT2D eigenvalue weighted by atomic mass is 10.0. The predicted octanol–water partition coefficient (Wildman–Crippen LogP) is 2.24. The van der Waals surface area contributed by atoms with Crippen LogP contribution in [0.2, 0.25) is 0 Å². The molecule has 1 unspecified atom stereocenters. The van der Waals surface area contributed by atoms with Crippen molar-refractivity contribution in [1.82, 2.24) is 10.2 Å². The fourth-order valence-corrected chi connectivity index (χ4v) is 2.75. The maximum atomic E-state index is 11.6. The van der Waals surface area contributed by atoms with E-state index in [9.17, 15) is 9.90 Å². The SMILES string of the molecule is CCOC(=O)N1CCC(NCC(O)c2cccc(C)c2)CC1. The molecule has 2 rings (SSSR count). The molecule has 0 radical (unpaired) electrons. The van der Waals surface area contributed by atoms with E-state index in [0.717, 1.165) is 24.0 Å². The number of carbonyl (C=O) groups is 1. The number of rotatable bonds is 5. The van der Waals surface area contributed by atoms with Gasteiger partial charge >= 0.3 is 6.09 Å². The van der Waals surface area contributed by atoms with Crippen LogP contribution < -0.4 is 5.32 Å². The number of hydrogen-bond acceptors (Lipinski definition) is 4. The first-order valence-corrected chi connectivity index (χ1v) is 8.00. The first kappa shape index (κ1) is 16.8. The molecule has 122 valence electrons. The van der Waals surface area contributed by atoms with Crippen LogP contribution >= 0.6 is 0 Å². The van der Waals surface area contributed by atoms with Crippen molar-refractivity contribution in [1.29, 1.82) is 0 Å². The molecule has 2 N–H and O–H groups in total. The van der Waals surface area contributed by atoms with E-state index in [2.05, 4.69) is 5.32 Å². The Kier molecular flexibility index (Phi) is 6.21. The van der Waals surface area contributed by atoms with Gasteiger partial charge in [0.25, 0.3) is 0 Å². The molecule has 1 heterocycles. The van der Waals surface area contributed by atoms with E-state index in [0.29, 0.717) is 32.3 Å². The van der Waals surface area contributed by atoms with Gasteiger partial charge in [-0.05, 0) is 32.3 Å². The molecule has 0 bridgehead atoms. The zero-order valence-corrected chi connectivity index (χ0v) is 13.4. The first-order valence-electron chi connectivity index (χ1n) is 8.00.